The number of H-pyrrole nitrogens is 1. The third-order valence-corrected chi connectivity index (χ3v) is 2.44. The van der Waals surface area contributed by atoms with Crippen LogP contribution in [-0.2, 0) is 0 Å². The molecule has 0 unspecified atom stereocenters. The monoisotopic (exact) mass is 261 g/mol. The Hall–Kier alpha value is -3.03. The van der Waals surface area contributed by atoms with Gasteiger partial charge in [0.15, 0.2) is 0 Å². The zero-order valence-corrected chi connectivity index (χ0v) is 9.40. The predicted molar refractivity (Wildman–Crippen MR) is 65.8 cm³/mol. The molecule has 0 aliphatic carbocycles. The molecule has 1 heterocycles. The van der Waals surface area contributed by atoms with Gasteiger partial charge in [-0.15, -0.1) is 0 Å². The summed E-state index contributed by atoms with van der Waals surface area (Å²) in [5, 5.41) is 21.8. The third kappa shape index (κ3) is 2.32. The van der Waals surface area contributed by atoms with Crippen molar-refractivity contribution in [2.24, 2.45) is 0 Å². The van der Waals surface area contributed by atoms with Crippen molar-refractivity contribution in [2.75, 3.05) is 0 Å². The quantitative estimate of drug-likeness (QED) is 0.667. The maximum atomic E-state index is 11.4. The second-order valence-electron chi connectivity index (χ2n) is 3.62. The van der Waals surface area contributed by atoms with E-state index in [4.69, 9.17) is 0 Å². The first-order valence-electron chi connectivity index (χ1n) is 5.12. The van der Waals surface area contributed by atoms with Crippen LogP contribution in [0.2, 0.25) is 0 Å². The fourth-order valence-corrected chi connectivity index (χ4v) is 1.68. The van der Waals surface area contributed by atoms with Gasteiger partial charge >= 0.3 is 11.4 Å². The van der Waals surface area contributed by atoms with Crippen LogP contribution in [0.1, 0.15) is 0 Å². The van der Waals surface area contributed by atoms with Gasteiger partial charge in [-0.1, -0.05) is 30.3 Å². The fourth-order valence-electron chi connectivity index (χ4n) is 1.68. The lowest BCUT2D eigenvalue weighted by molar-refractivity contribution is -0.422. The van der Waals surface area contributed by atoms with Crippen LogP contribution < -0.4 is 5.56 Å². The number of pyridine rings is 1. The second-order valence-corrected chi connectivity index (χ2v) is 3.62. The molecule has 0 radical (unpaired) electrons. The highest BCUT2D eigenvalue weighted by molar-refractivity contribution is 5.75. The number of rotatable bonds is 3. The standard InChI is InChI=1S/C11H7N3O5/c15-9-6-8(13(16)17)11(14(18)19)10(12-9)7-4-2-1-3-5-7/h1-6H,(H,12,15). The number of hydrogen-bond donors (Lipinski definition) is 1. The molecule has 0 aliphatic rings. The predicted octanol–water partition coefficient (Wildman–Crippen LogP) is 1.86. The van der Waals surface area contributed by atoms with Gasteiger partial charge in [-0.05, 0) is 0 Å². The van der Waals surface area contributed by atoms with Crippen molar-refractivity contribution in [3.63, 3.8) is 0 Å². The minimum absolute atomic E-state index is 0.176. The number of hydrogen-bond acceptors (Lipinski definition) is 5. The SMILES string of the molecule is O=c1cc([N+](=O)[O-])c([N+](=O)[O-])c(-c2ccccc2)[nH]1. The summed E-state index contributed by atoms with van der Waals surface area (Å²) in [7, 11) is 0. The molecule has 1 aromatic carbocycles. The smallest absolute Gasteiger partial charge is 0.316 e. The second kappa shape index (κ2) is 4.69. The van der Waals surface area contributed by atoms with E-state index in [1.165, 1.54) is 12.1 Å². The van der Waals surface area contributed by atoms with E-state index in [0.29, 0.717) is 11.6 Å². The van der Waals surface area contributed by atoms with Crippen molar-refractivity contribution in [1.29, 1.82) is 0 Å². The highest BCUT2D eigenvalue weighted by Crippen LogP contribution is 2.33. The van der Waals surface area contributed by atoms with Crippen LogP contribution in [0.15, 0.2) is 41.2 Å². The van der Waals surface area contributed by atoms with Crippen LogP contribution in [-0.4, -0.2) is 14.8 Å². The molecular weight excluding hydrogens is 254 g/mol. The molecule has 0 amide bonds. The topological polar surface area (TPSA) is 119 Å². The first kappa shape index (κ1) is 12.4. The fraction of sp³-hybridized carbons (Fsp3) is 0. The molecule has 8 heteroatoms. The lowest BCUT2D eigenvalue weighted by Crippen LogP contribution is -2.11. The first-order chi connectivity index (χ1) is 9.00. The van der Waals surface area contributed by atoms with Crippen LogP contribution in [0.25, 0.3) is 11.3 Å². The first-order valence-corrected chi connectivity index (χ1v) is 5.12. The highest BCUT2D eigenvalue weighted by atomic mass is 16.6. The zero-order valence-electron chi connectivity index (χ0n) is 9.40. The number of aromatic amines is 1. The average molecular weight is 261 g/mol. The number of nitro groups is 2. The molecule has 8 nitrogen and oxygen atoms in total. The van der Waals surface area contributed by atoms with Gasteiger partial charge in [-0.25, -0.2) is 0 Å². The van der Waals surface area contributed by atoms with Gasteiger partial charge in [0, 0.05) is 5.56 Å². The normalized spacial score (nSPS) is 10.1. The van der Waals surface area contributed by atoms with Crippen molar-refractivity contribution >= 4 is 11.4 Å². The van der Waals surface area contributed by atoms with E-state index in [1.54, 1.807) is 18.2 Å². The van der Waals surface area contributed by atoms with Gasteiger partial charge in [0.2, 0.25) is 0 Å². The lowest BCUT2D eigenvalue weighted by atomic mass is 10.1. The third-order valence-electron chi connectivity index (χ3n) is 2.44. The van der Waals surface area contributed by atoms with Gasteiger partial charge in [-0.2, -0.15) is 0 Å². The minimum Gasteiger partial charge on any atom is -0.316 e. The van der Waals surface area contributed by atoms with Crippen LogP contribution in [0.5, 0.6) is 0 Å². The van der Waals surface area contributed by atoms with Gasteiger partial charge in [0.25, 0.3) is 5.56 Å². The van der Waals surface area contributed by atoms with E-state index < -0.39 is 26.8 Å². The van der Waals surface area contributed by atoms with Crippen molar-refractivity contribution in [1.82, 2.24) is 4.98 Å². The maximum absolute atomic E-state index is 11.4. The molecule has 0 aliphatic heterocycles. The van der Waals surface area contributed by atoms with Crippen LogP contribution in [0.3, 0.4) is 0 Å². The van der Waals surface area contributed by atoms with Gasteiger partial charge < -0.3 is 4.98 Å². The molecule has 96 valence electrons. The summed E-state index contributed by atoms with van der Waals surface area (Å²) in [5.41, 5.74) is -2.17. The Morgan fingerprint density at radius 3 is 2.16 bits per heavy atom. The molecule has 0 saturated carbocycles. The van der Waals surface area contributed by atoms with E-state index in [9.17, 15) is 25.0 Å². The van der Waals surface area contributed by atoms with Gasteiger partial charge in [0.05, 0.1) is 15.9 Å². The number of nitrogens with one attached hydrogen (secondary N) is 1. The number of aromatic nitrogens is 1. The maximum Gasteiger partial charge on any atom is 0.370 e. The Morgan fingerprint density at radius 2 is 1.63 bits per heavy atom. The molecule has 0 saturated heterocycles. The summed E-state index contributed by atoms with van der Waals surface area (Å²) in [6, 6.07) is 8.53. The molecule has 0 spiro atoms. The molecule has 2 rings (SSSR count). The van der Waals surface area contributed by atoms with Crippen molar-refractivity contribution in [2.45, 2.75) is 0 Å². The Labute approximate surface area is 105 Å². The van der Waals surface area contributed by atoms with E-state index in [-0.39, 0.29) is 5.69 Å². The van der Waals surface area contributed by atoms with E-state index in [0.717, 1.165) is 0 Å². The summed E-state index contributed by atoms with van der Waals surface area (Å²) in [5.74, 6) is 0. The number of nitrogens with zero attached hydrogens (tertiary/aromatic N) is 2. The van der Waals surface area contributed by atoms with Crippen LogP contribution in [0.4, 0.5) is 11.4 Å². The van der Waals surface area contributed by atoms with Crippen molar-refractivity contribution in [3.05, 3.63) is 67.0 Å². The van der Waals surface area contributed by atoms with Gasteiger partial charge in [0.1, 0.15) is 5.69 Å². The summed E-state index contributed by atoms with van der Waals surface area (Å²) < 4.78 is 0. The lowest BCUT2D eigenvalue weighted by Gasteiger charge is -2.03. The largest absolute Gasteiger partial charge is 0.370 e. The Bertz CT molecular complexity index is 708. The molecule has 19 heavy (non-hydrogen) atoms. The summed E-state index contributed by atoms with van der Waals surface area (Å²) in [6.07, 6.45) is 0. The number of benzene rings is 1. The molecule has 0 atom stereocenters. The van der Waals surface area contributed by atoms with E-state index in [1.807, 2.05) is 0 Å². The molecule has 0 fully saturated rings. The minimum atomic E-state index is -0.945. The zero-order chi connectivity index (χ0) is 14.0. The Balaban J connectivity index is 2.84. The highest BCUT2D eigenvalue weighted by Gasteiger charge is 2.30. The van der Waals surface area contributed by atoms with Gasteiger partial charge in [-0.3, -0.25) is 25.0 Å². The Morgan fingerprint density at radius 1 is 1.00 bits per heavy atom. The van der Waals surface area contributed by atoms with E-state index >= 15 is 0 Å². The Kier molecular flexibility index (Phi) is 3.06. The average Bonchev–Trinajstić information content (AvgIpc) is 2.38. The van der Waals surface area contributed by atoms with E-state index in [2.05, 4.69) is 4.98 Å². The summed E-state index contributed by atoms with van der Waals surface area (Å²) >= 11 is 0. The van der Waals surface area contributed by atoms with Crippen LogP contribution >= 0.6 is 0 Å². The molecule has 1 aromatic heterocycles. The van der Waals surface area contributed by atoms with Crippen LogP contribution in [0, 0.1) is 20.2 Å². The van der Waals surface area contributed by atoms with Crippen molar-refractivity contribution in [3.8, 4) is 11.3 Å². The molecule has 0 bridgehead atoms. The molecule has 2 aromatic rings. The summed E-state index contributed by atoms with van der Waals surface area (Å²) in [4.78, 5) is 33.6. The molecule has 1 N–H and O–H groups in total. The summed E-state index contributed by atoms with van der Waals surface area (Å²) in [6.45, 7) is 0. The molecular formula is C11H7N3O5. The van der Waals surface area contributed by atoms with Crippen molar-refractivity contribution < 1.29 is 9.85 Å².